The molecule has 5 nitrogen and oxygen atoms in total. The number of amides is 1. The SMILES string of the molecule is COC1CCC(C2=NN(C(=O)C3CCCCC3Cl)C(C3CCC(F)CC3)C2)CC1OC. The highest BCUT2D eigenvalue weighted by Gasteiger charge is 2.45. The number of methoxy groups -OCH3 is 2. The predicted molar refractivity (Wildman–Crippen MR) is 120 cm³/mol. The molecule has 1 heterocycles. The van der Waals surface area contributed by atoms with Crippen LogP contribution >= 0.6 is 11.6 Å². The lowest BCUT2D eigenvalue weighted by Gasteiger charge is -2.36. The van der Waals surface area contributed by atoms with Crippen molar-refractivity contribution < 1.29 is 18.7 Å². The zero-order valence-corrected chi connectivity index (χ0v) is 19.7. The Morgan fingerprint density at radius 1 is 1.00 bits per heavy atom. The Labute approximate surface area is 191 Å². The lowest BCUT2D eigenvalue weighted by Crippen LogP contribution is -2.45. The molecule has 0 aromatic carbocycles. The van der Waals surface area contributed by atoms with E-state index in [1.54, 1.807) is 19.2 Å². The van der Waals surface area contributed by atoms with E-state index in [1.165, 1.54) is 0 Å². The summed E-state index contributed by atoms with van der Waals surface area (Å²) in [5.41, 5.74) is 1.12. The van der Waals surface area contributed by atoms with Crippen LogP contribution in [-0.2, 0) is 14.3 Å². The Hall–Kier alpha value is -0.720. The normalized spacial score (nSPS) is 41.8. The van der Waals surface area contributed by atoms with E-state index in [4.69, 9.17) is 26.2 Å². The van der Waals surface area contributed by atoms with E-state index in [9.17, 15) is 9.18 Å². The molecule has 3 aliphatic carbocycles. The summed E-state index contributed by atoms with van der Waals surface area (Å²) in [5.74, 6) is 0.584. The third kappa shape index (κ3) is 5.11. The maximum atomic E-state index is 13.8. The number of hydrogen-bond donors (Lipinski definition) is 0. The van der Waals surface area contributed by atoms with Crippen molar-refractivity contribution in [3.63, 3.8) is 0 Å². The van der Waals surface area contributed by atoms with Crippen molar-refractivity contribution in [3.05, 3.63) is 0 Å². The van der Waals surface area contributed by atoms with Crippen LogP contribution in [0.15, 0.2) is 5.10 Å². The van der Waals surface area contributed by atoms with Gasteiger partial charge in [0.2, 0.25) is 5.91 Å². The summed E-state index contributed by atoms with van der Waals surface area (Å²) in [6, 6.07) is 0.0573. The first kappa shape index (κ1) is 23.4. The van der Waals surface area contributed by atoms with E-state index >= 15 is 0 Å². The molecule has 176 valence electrons. The van der Waals surface area contributed by atoms with Gasteiger partial charge in [0.25, 0.3) is 0 Å². The predicted octanol–water partition coefficient (Wildman–Crippen LogP) is 5.10. The summed E-state index contributed by atoms with van der Waals surface area (Å²) in [4.78, 5) is 13.6. The van der Waals surface area contributed by atoms with Crippen LogP contribution in [-0.4, -0.2) is 60.6 Å². The van der Waals surface area contributed by atoms with Gasteiger partial charge >= 0.3 is 0 Å². The van der Waals surface area contributed by atoms with Gasteiger partial charge in [-0.1, -0.05) is 12.8 Å². The lowest BCUT2D eigenvalue weighted by molar-refractivity contribution is -0.139. The number of carbonyl (C=O) groups excluding carboxylic acids is 1. The first-order chi connectivity index (χ1) is 15.0. The molecule has 0 radical (unpaired) electrons. The maximum Gasteiger partial charge on any atom is 0.247 e. The maximum absolute atomic E-state index is 13.8. The number of rotatable bonds is 5. The van der Waals surface area contributed by atoms with Gasteiger partial charge in [-0.25, -0.2) is 9.40 Å². The van der Waals surface area contributed by atoms with Crippen molar-refractivity contribution in [3.8, 4) is 0 Å². The van der Waals surface area contributed by atoms with Crippen molar-refractivity contribution in [2.24, 2.45) is 22.9 Å². The molecule has 3 saturated carbocycles. The molecule has 0 aromatic rings. The second-order valence-corrected chi connectivity index (χ2v) is 10.6. The van der Waals surface area contributed by atoms with E-state index in [-0.39, 0.29) is 35.5 Å². The number of halogens is 2. The molecule has 6 unspecified atom stereocenters. The van der Waals surface area contributed by atoms with Crippen LogP contribution in [0.1, 0.15) is 77.0 Å². The molecular formula is C24H38ClFN2O3. The van der Waals surface area contributed by atoms with Gasteiger partial charge in [-0.2, -0.15) is 5.10 Å². The van der Waals surface area contributed by atoms with Crippen LogP contribution in [0, 0.1) is 17.8 Å². The van der Waals surface area contributed by atoms with Gasteiger partial charge in [0.1, 0.15) is 6.17 Å². The van der Waals surface area contributed by atoms with Crippen molar-refractivity contribution in [1.82, 2.24) is 5.01 Å². The van der Waals surface area contributed by atoms with Gasteiger partial charge in [0.05, 0.1) is 24.2 Å². The molecule has 0 N–H and O–H groups in total. The van der Waals surface area contributed by atoms with Crippen molar-refractivity contribution in [2.45, 2.75) is 107 Å². The summed E-state index contributed by atoms with van der Waals surface area (Å²) in [6.45, 7) is 0. The third-order valence-corrected chi connectivity index (χ3v) is 8.77. The molecule has 0 saturated heterocycles. The monoisotopic (exact) mass is 456 g/mol. The standard InChI is InChI=1S/C24H38ClFN2O3/c1-30-22-12-9-16(13-23(22)31-2)20-14-21(15-7-10-17(26)11-8-15)28(27-20)24(29)18-5-3-4-6-19(18)25/h15-19,21-23H,3-14H2,1-2H3. The number of hydrogen-bond acceptors (Lipinski definition) is 4. The summed E-state index contributed by atoms with van der Waals surface area (Å²) in [7, 11) is 3.49. The fourth-order valence-corrected chi connectivity index (χ4v) is 6.69. The minimum Gasteiger partial charge on any atom is -0.379 e. The topological polar surface area (TPSA) is 51.1 Å². The Morgan fingerprint density at radius 2 is 1.71 bits per heavy atom. The number of carbonyl (C=O) groups is 1. The molecule has 7 heteroatoms. The van der Waals surface area contributed by atoms with Crippen molar-refractivity contribution in [1.29, 1.82) is 0 Å². The van der Waals surface area contributed by atoms with Gasteiger partial charge in [-0.15, -0.1) is 11.6 Å². The van der Waals surface area contributed by atoms with Crippen LogP contribution < -0.4 is 0 Å². The first-order valence-electron chi connectivity index (χ1n) is 12.3. The molecule has 1 amide bonds. The molecule has 3 fully saturated rings. The molecule has 31 heavy (non-hydrogen) atoms. The van der Waals surface area contributed by atoms with Gasteiger partial charge in [-0.3, -0.25) is 4.79 Å². The fourth-order valence-electron chi connectivity index (χ4n) is 6.30. The van der Waals surface area contributed by atoms with Crippen LogP contribution in [0.2, 0.25) is 0 Å². The lowest BCUT2D eigenvalue weighted by atomic mass is 9.77. The highest BCUT2D eigenvalue weighted by atomic mass is 35.5. The Morgan fingerprint density at radius 3 is 2.39 bits per heavy atom. The highest BCUT2D eigenvalue weighted by molar-refractivity contribution is 6.22. The zero-order valence-electron chi connectivity index (χ0n) is 19.0. The highest BCUT2D eigenvalue weighted by Crippen LogP contribution is 2.40. The number of nitrogens with zero attached hydrogens (tertiary/aromatic N) is 2. The van der Waals surface area contributed by atoms with Crippen molar-refractivity contribution in [2.75, 3.05) is 14.2 Å². The molecule has 0 spiro atoms. The Bertz CT molecular complexity index is 655. The molecule has 0 bridgehead atoms. The number of alkyl halides is 2. The average Bonchev–Trinajstić information content (AvgIpc) is 3.24. The Balaban J connectivity index is 1.52. The minimum absolute atomic E-state index is 0.0573. The van der Waals surface area contributed by atoms with Gasteiger partial charge in [0, 0.05) is 37.6 Å². The van der Waals surface area contributed by atoms with Gasteiger partial charge in [0.15, 0.2) is 0 Å². The van der Waals surface area contributed by atoms with E-state index in [1.807, 2.05) is 0 Å². The van der Waals surface area contributed by atoms with Crippen LogP contribution in [0.4, 0.5) is 4.39 Å². The molecular weight excluding hydrogens is 419 g/mol. The number of ether oxygens (including phenoxy) is 2. The molecule has 1 aliphatic heterocycles. The molecule has 6 atom stereocenters. The van der Waals surface area contributed by atoms with Gasteiger partial charge < -0.3 is 9.47 Å². The first-order valence-corrected chi connectivity index (χ1v) is 12.7. The van der Waals surface area contributed by atoms with E-state index in [0.717, 1.165) is 69.9 Å². The second-order valence-electron chi connectivity index (χ2n) is 10.0. The van der Waals surface area contributed by atoms with E-state index in [0.29, 0.717) is 24.7 Å². The van der Waals surface area contributed by atoms with Crippen LogP contribution in [0.25, 0.3) is 0 Å². The Kier molecular flexibility index (Phi) is 7.92. The number of hydrazone groups is 1. The summed E-state index contributed by atoms with van der Waals surface area (Å²) in [6.07, 6.45) is 9.89. The average molecular weight is 457 g/mol. The summed E-state index contributed by atoms with van der Waals surface area (Å²) < 4.78 is 25.1. The minimum atomic E-state index is -0.695. The smallest absolute Gasteiger partial charge is 0.247 e. The largest absolute Gasteiger partial charge is 0.379 e. The van der Waals surface area contributed by atoms with Crippen LogP contribution in [0.5, 0.6) is 0 Å². The molecule has 0 aromatic heterocycles. The molecule has 4 rings (SSSR count). The summed E-state index contributed by atoms with van der Waals surface area (Å²) in [5, 5.41) is 6.67. The quantitative estimate of drug-likeness (QED) is 0.541. The van der Waals surface area contributed by atoms with E-state index in [2.05, 4.69) is 0 Å². The second kappa shape index (κ2) is 10.5. The van der Waals surface area contributed by atoms with Crippen LogP contribution in [0.3, 0.4) is 0 Å². The molecule has 4 aliphatic rings. The zero-order chi connectivity index (χ0) is 22.0. The fraction of sp³-hybridized carbons (Fsp3) is 0.917. The van der Waals surface area contributed by atoms with Crippen molar-refractivity contribution >= 4 is 23.2 Å². The van der Waals surface area contributed by atoms with Gasteiger partial charge in [-0.05, 0) is 63.7 Å². The summed E-state index contributed by atoms with van der Waals surface area (Å²) >= 11 is 6.59. The third-order valence-electron chi connectivity index (χ3n) is 8.25. The van der Waals surface area contributed by atoms with E-state index < -0.39 is 6.17 Å².